The third-order valence-corrected chi connectivity index (χ3v) is 5.38. The van der Waals surface area contributed by atoms with Crippen molar-refractivity contribution >= 4 is 11.9 Å². The first-order valence-corrected chi connectivity index (χ1v) is 11.2. The van der Waals surface area contributed by atoms with E-state index in [4.69, 9.17) is 9.47 Å². The van der Waals surface area contributed by atoms with Crippen LogP contribution in [-0.4, -0.2) is 64.5 Å². The molecular weight excluding hydrogens is 356 g/mol. The van der Waals surface area contributed by atoms with Crippen LogP contribution in [0.2, 0.25) is 0 Å². The van der Waals surface area contributed by atoms with Crippen molar-refractivity contribution in [2.75, 3.05) is 52.6 Å². The van der Waals surface area contributed by atoms with Crippen molar-refractivity contribution in [2.24, 2.45) is 16.8 Å². The second-order valence-corrected chi connectivity index (χ2v) is 7.90. The monoisotopic (exact) mass is 396 g/mol. The third-order valence-electron chi connectivity index (χ3n) is 5.38. The van der Waals surface area contributed by atoms with E-state index >= 15 is 0 Å². The highest BCUT2D eigenvalue weighted by Gasteiger charge is 2.17. The summed E-state index contributed by atoms with van der Waals surface area (Å²) in [6, 6.07) is 0. The van der Waals surface area contributed by atoms with E-state index in [9.17, 15) is 4.79 Å². The first-order valence-electron chi connectivity index (χ1n) is 11.2. The number of carbonyl (C=O) groups is 1. The maximum atomic E-state index is 12.0. The van der Waals surface area contributed by atoms with Gasteiger partial charge in [-0.15, -0.1) is 0 Å². The molecule has 0 aromatic heterocycles. The van der Waals surface area contributed by atoms with E-state index in [0.29, 0.717) is 31.3 Å². The maximum absolute atomic E-state index is 12.0. The average Bonchev–Trinajstić information content (AvgIpc) is 3.22. The fourth-order valence-electron chi connectivity index (χ4n) is 3.77. The number of aliphatic imine (C=N–C) groups is 1. The van der Waals surface area contributed by atoms with E-state index in [1.54, 1.807) is 0 Å². The number of carbonyl (C=O) groups excluding carboxylic acids is 1. The van der Waals surface area contributed by atoms with Crippen molar-refractivity contribution in [1.82, 2.24) is 16.0 Å². The van der Waals surface area contributed by atoms with Gasteiger partial charge in [-0.3, -0.25) is 9.79 Å². The molecule has 162 valence electrons. The van der Waals surface area contributed by atoms with E-state index in [0.717, 1.165) is 58.3 Å². The fraction of sp³-hybridized carbons (Fsp3) is 0.905. The molecule has 1 unspecified atom stereocenters. The van der Waals surface area contributed by atoms with Gasteiger partial charge in [-0.2, -0.15) is 0 Å². The minimum Gasteiger partial charge on any atom is -0.381 e. The van der Waals surface area contributed by atoms with Gasteiger partial charge in [0.2, 0.25) is 5.91 Å². The van der Waals surface area contributed by atoms with E-state index in [-0.39, 0.29) is 5.91 Å². The number of nitrogens with zero attached hydrogens (tertiary/aromatic N) is 1. The Morgan fingerprint density at radius 2 is 1.89 bits per heavy atom. The Balaban J connectivity index is 1.50. The molecule has 1 saturated carbocycles. The molecule has 0 aromatic rings. The van der Waals surface area contributed by atoms with Crippen molar-refractivity contribution in [1.29, 1.82) is 0 Å². The van der Waals surface area contributed by atoms with Crippen LogP contribution in [0.25, 0.3) is 0 Å². The van der Waals surface area contributed by atoms with Crippen molar-refractivity contribution in [3.63, 3.8) is 0 Å². The molecule has 2 rings (SSSR count). The summed E-state index contributed by atoms with van der Waals surface area (Å²) in [5.41, 5.74) is 0. The van der Waals surface area contributed by atoms with Crippen LogP contribution in [0.5, 0.6) is 0 Å². The number of ether oxygens (including phenoxy) is 2. The molecule has 0 bridgehead atoms. The number of rotatable bonds is 12. The lowest BCUT2D eigenvalue weighted by Crippen LogP contribution is -2.41. The first kappa shape index (κ1) is 22.9. The van der Waals surface area contributed by atoms with Crippen LogP contribution in [0, 0.1) is 11.8 Å². The average molecular weight is 397 g/mol. The molecule has 0 radical (unpaired) electrons. The van der Waals surface area contributed by atoms with Crippen molar-refractivity contribution < 1.29 is 14.3 Å². The van der Waals surface area contributed by atoms with Crippen LogP contribution in [0.1, 0.15) is 58.3 Å². The molecule has 0 aromatic carbocycles. The van der Waals surface area contributed by atoms with Gasteiger partial charge in [0, 0.05) is 51.7 Å². The van der Waals surface area contributed by atoms with Crippen LogP contribution >= 0.6 is 0 Å². The summed E-state index contributed by atoms with van der Waals surface area (Å²) in [5, 5.41) is 9.55. The largest absolute Gasteiger partial charge is 0.381 e. The lowest BCUT2D eigenvalue weighted by molar-refractivity contribution is -0.122. The zero-order chi connectivity index (χ0) is 19.9. The van der Waals surface area contributed by atoms with Gasteiger partial charge in [0.05, 0.1) is 13.2 Å². The van der Waals surface area contributed by atoms with Crippen LogP contribution in [0.3, 0.4) is 0 Å². The van der Waals surface area contributed by atoms with Crippen molar-refractivity contribution in [2.45, 2.75) is 58.3 Å². The van der Waals surface area contributed by atoms with Crippen molar-refractivity contribution in [3.8, 4) is 0 Å². The summed E-state index contributed by atoms with van der Waals surface area (Å²) in [5.74, 6) is 2.13. The molecule has 1 amide bonds. The number of amides is 1. The predicted octanol–water partition coefficient (Wildman–Crippen LogP) is 2.07. The first-order chi connectivity index (χ1) is 13.8. The SMILES string of the molecule is CCNC(=NCCCOCC1CCOC1)NCCNC(=O)CC1CCCCC1. The molecule has 2 fully saturated rings. The van der Waals surface area contributed by atoms with E-state index in [1.165, 1.54) is 32.1 Å². The number of hydrogen-bond donors (Lipinski definition) is 3. The van der Waals surface area contributed by atoms with Gasteiger partial charge in [-0.05, 0) is 38.5 Å². The molecule has 1 saturated heterocycles. The molecule has 7 nitrogen and oxygen atoms in total. The summed E-state index contributed by atoms with van der Waals surface area (Å²) in [6.45, 7) is 8.14. The highest BCUT2D eigenvalue weighted by atomic mass is 16.5. The van der Waals surface area contributed by atoms with Gasteiger partial charge >= 0.3 is 0 Å². The predicted molar refractivity (Wildman–Crippen MR) is 113 cm³/mol. The Bertz CT molecular complexity index is 447. The molecule has 0 spiro atoms. The molecule has 28 heavy (non-hydrogen) atoms. The van der Waals surface area contributed by atoms with Crippen LogP contribution in [0.15, 0.2) is 4.99 Å². The Labute approximate surface area is 170 Å². The third kappa shape index (κ3) is 10.3. The second kappa shape index (κ2) is 14.6. The number of hydrogen-bond acceptors (Lipinski definition) is 4. The minimum atomic E-state index is 0.181. The summed E-state index contributed by atoms with van der Waals surface area (Å²) in [4.78, 5) is 16.6. The van der Waals surface area contributed by atoms with Gasteiger partial charge in [-0.1, -0.05) is 19.3 Å². The van der Waals surface area contributed by atoms with Crippen LogP contribution < -0.4 is 16.0 Å². The number of guanidine groups is 1. The number of nitrogens with one attached hydrogen (secondary N) is 3. The van der Waals surface area contributed by atoms with Gasteiger partial charge in [0.25, 0.3) is 0 Å². The Hall–Kier alpha value is -1.34. The smallest absolute Gasteiger partial charge is 0.220 e. The van der Waals surface area contributed by atoms with E-state index < -0.39 is 0 Å². The highest BCUT2D eigenvalue weighted by Crippen LogP contribution is 2.25. The molecule has 1 heterocycles. The maximum Gasteiger partial charge on any atom is 0.220 e. The minimum absolute atomic E-state index is 0.181. The summed E-state index contributed by atoms with van der Waals surface area (Å²) in [7, 11) is 0. The molecule has 3 N–H and O–H groups in total. The standard InChI is InChI=1S/C21H40N4O3/c1-2-22-21(24-10-6-13-27-16-19-9-14-28-17-19)25-12-11-23-20(26)15-18-7-4-3-5-8-18/h18-19H,2-17H2,1H3,(H,23,26)(H2,22,24,25). The second-order valence-electron chi connectivity index (χ2n) is 7.90. The topological polar surface area (TPSA) is 84.0 Å². The van der Waals surface area contributed by atoms with Crippen LogP contribution in [0.4, 0.5) is 0 Å². The lowest BCUT2D eigenvalue weighted by Gasteiger charge is -2.20. The molecule has 1 atom stereocenters. The van der Waals surface area contributed by atoms with E-state index in [2.05, 4.69) is 27.9 Å². The van der Waals surface area contributed by atoms with Gasteiger partial charge < -0.3 is 25.4 Å². The fourth-order valence-corrected chi connectivity index (χ4v) is 3.77. The quantitative estimate of drug-likeness (QED) is 0.267. The summed E-state index contributed by atoms with van der Waals surface area (Å²) >= 11 is 0. The van der Waals surface area contributed by atoms with Crippen molar-refractivity contribution in [3.05, 3.63) is 0 Å². The van der Waals surface area contributed by atoms with E-state index in [1.807, 2.05) is 0 Å². The molecule has 7 heteroatoms. The van der Waals surface area contributed by atoms with Gasteiger partial charge in [0.15, 0.2) is 5.96 Å². The molecule has 1 aliphatic heterocycles. The lowest BCUT2D eigenvalue weighted by atomic mass is 9.87. The van der Waals surface area contributed by atoms with Gasteiger partial charge in [-0.25, -0.2) is 0 Å². The van der Waals surface area contributed by atoms with Crippen LogP contribution in [-0.2, 0) is 14.3 Å². The molecule has 2 aliphatic rings. The van der Waals surface area contributed by atoms with Gasteiger partial charge in [0.1, 0.15) is 0 Å². The zero-order valence-corrected chi connectivity index (χ0v) is 17.6. The normalized spacial score (nSPS) is 20.9. The Morgan fingerprint density at radius 3 is 2.64 bits per heavy atom. The molecular formula is C21H40N4O3. The Kier molecular flexibility index (Phi) is 12.0. The summed E-state index contributed by atoms with van der Waals surface area (Å²) in [6.07, 6.45) is 9.01. The molecule has 1 aliphatic carbocycles. The zero-order valence-electron chi connectivity index (χ0n) is 17.6. The summed E-state index contributed by atoms with van der Waals surface area (Å²) < 4.78 is 11.1. The highest BCUT2D eigenvalue weighted by molar-refractivity contribution is 5.80. The Morgan fingerprint density at radius 1 is 1.07 bits per heavy atom.